The van der Waals surface area contributed by atoms with E-state index in [4.69, 9.17) is 0 Å². The summed E-state index contributed by atoms with van der Waals surface area (Å²) in [4.78, 5) is 42.9. The molecule has 3 aromatic rings. The van der Waals surface area contributed by atoms with Gasteiger partial charge in [0.15, 0.2) is 0 Å². The van der Waals surface area contributed by atoms with Crippen LogP contribution in [-0.2, 0) is 9.59 Å². The zero-order chi connectivity index (χ0) is 34.5. The van der Waals surface area contributed by atoms with Crippen LogP contribution in [0.3, 0.4) is 0 Å². The average Bonchev–Trinajstić information content (AvgIpc) is 3.09. The van der Waals surface area contributed by atoms with Gasteiger partial charge in [-0.2, -0.15) is 5.26 Å². The van der Waals surface area contributed by atoms with Crippen LogP contribution < -0.4 is 5.32 Å². The van der Waals surface area contributed by atoms with Gasteiger partial charge in [0.2, 0.25) is 0 Å². The Balaban J connectivity index is 1.47. The molecule has 5 atom stereocenters. The van der Waals surface area contributed by atoms with E-state index < -0.39 is 45.7 Å². The maximum Gasteiger partial charge on any atom is 0.311 e. The summed E-state index contributed by atoms with van der Waals surface area (Å²) in [5.41, 5.74) is -0.935. The number of piperazine rings is 1. The van der Waals surface area contributed by atoms with Crippen LogP contribution in [0.1, 0.15) is 61.8 Å². The number of rotatable bonds is 12. The van der Waals surface area contributed by atoms with Gasteiger partial charge in [0, 0.05) is 62.7 Å². The van der Waals surface area contributed by atoms with Crippen LogP contribution in [0.15, 0.2) is 84.9 Å². The number of hydrogen-bond acceptors (Lipinski definition) is 8. The Morgan fingerprint density at radius 1 is 0.896 bits per heavy atom. The van der Waals surface area contributed by atoms with Crippen molar-refractivity contribution in [3.05, 3.63) is 112 Å². The molecule has 2 heterocycles. The predicted octanol–water partition coefficient (Wildman–Crippen LogP) is 5.30. The largest absolute Gasteiger partial charge is 0.481 e. The number of carboxylic acids is 2. The third kappa shape index (κ3) is 6.43. The van der Waals surface area contributed by atoms with Crippen molar-refractivity contribution < 1.29 is 24.7 Å². The van der Waals surface area contributed by atoms with Gasteiger partial charge >= 0.3 is 11.9 Å². The molecule has 11 nitrogen and oxygen atoms in total. The highest BCUT2D eigenvalue weighted by Gasteiger charge is 2.66. The molecule has 11 heteroatoms. The number of aliphatic carboxylic acids is 2. The zero-order valence-electron chi connectivity index (χ0n) is 27.4. The first-order chi connectivity index (χ1) is 23.1. The van der Waals surface area contributed by atoms with E-state index in [2.05, 4.69) is 39.4 Å². The molecule has 3 N–H and O–H groups in total. The molecule has 2 saturated heterocycles. The van der Waals surface area contributed by atoms with E-state index in [1.165, 1.54) is 29.3 Å². The number of nitrogens with one attached hydrogen (secondary N) is 1. The number of non-ortho nitro benzene ring substituents is 1. The van der Waals surface area contributed by atoms with Crippen LogP contribution in [0.5, 0.6) is 0 Å². The third-order valence-electron chi connectivity index (χ3n) is 10.8. The number of piperidine rings is 1. The normalized spacial score (nSPS) is 26.5. The molecule has 48 heavy (non-hydrogen) atoms. The van der Waals surface area contributed by atoms with Crippen molar-refractivity contribution in [1.29, 1.82) is 5.26 Å². The summed E-state index contributed by atoms with van der Waals surface area (Å²) in [5, 5.41) is 46.7. The number of nitrogens with zero attached hydrogens (tertiary/aromatic N) is 4. The van der Waals surface area contributed by atoms with Crippen molar-refractivity contribution in [2.45, 2.75) is 57.2 Å². The lowest BCUT2D eigenvalue weighted by Gasteiger charge is -2.57. The summed E-state index contributed by atoms with van der Waals surface area (Å²) >= 11 is 0. The van der Waals surface area contributed by atoms with Gasteiger partial charge in [0.1, 0.15) is 0 Å². The highest BCUT2D eigenvalue weighted by molar-refractivity contribution is 5.84. The predicted molar refractivity (Wildman–Crippen MR) is 180 cm³/mol. The van der Waals surface area contributed by atoms with Gasteiger partial charge in [-0.25, -0.2) is 0 Å². The topological polar surface area (TPSA) is 160 Å². The fourth-order valence-electron chi connectivity index (χ4n) is 8.33. The highest BCUT2D eigenvalue weighted by Crippen LogP contribution is 2.59. The van der Waals surface area contributed by atoms with E-state index in [-0.39, 0.29) is 36.6 Å². The van der Waals surface area contributed by atoms with E-state index in [1.807, 2.05) is 42.5 Å². The molecule has 0 saturated carbocycles. The molecule has 2 aliphatic rings. The maximum atomic E-state index is 13.6. The Morgan fingerprint density at radius 3 is 1.94 bits per heavy atom. The van der Waals surface area contributed by atoms with E-state index in [0.717, 1.165) is 13.1 Å². The molecule has 0 aliphatic carbocycles. The van der Waals surface area contributed by atoms with Crippen molar-refractivity contribution in [2.24, 2.45) is 10.8 Å². The van der Waals surface area contributed by atoms with Gasteiger partial charge < -0.3 is 20.4 Å². The molecule has 0 amide bonds. The van der Waals surface area contributed by atoms with Crippen molar-refractivity contribution in [1.82, 2.24) is 15.1 Å². The molecule has 3 aromatic carbocycles. The summed E-state index contributed by atoms with van der Waals surface area (Å²) < 4.78 is 0. The Morgan fingerprint density at radius 2 is 1.44 bits per heavy atom. The lowest BCUT2D eigenvalue weighted by molar-refractivity contribution is -0.385. The standard InChI is InChI=1S/C37H43N5O6/c1-26-36(34(43)44,17-10-19-38)33(30-15-9-16-31(25-30)42(47)48)37(35(45)46,27(2)39-26)18-20-40-21-23-41(24-22-40)32(28-11-5-3-6-12-28)29-13-7-4-8-14-29/h3-9,11-16,25-27,32-33,39H,10,17-18,20-24H2,1-2H3,(H,43,44)(H,45,46). The molecule has 0 aromatic heterocycles. The van der Waals surface area contributed by atoms with E-state index in [1.54, 1.807) is 19.9 Å². The molecular formula is C37H43N5O6. The lowest BCUT2D eigenvalue weighted by Crippen LogP contribution is -2.70. The van der Waals surface area contributed by atoms with Gasteiger partial charge in [0.25, 0.3) is 5.69 Å². The summed E-state index contributed by atoms with van der Waals surface area (Å²) in [6.07, 6.45) is -0.111. The second-order valence-electron chi connectivity index (χ2n) is 13.1. The average molecular weight is 654 g/mol. The third-order valence-corrected chi connectivity index (χ3v) is 10.8. The van der Waals surface area contributed by atoms with Crippen molar-refractivity contribution in [3.63, 3.8) is 0 Å². The quantitative estimate of drug-likeness (QED) is 0.173. The first kappa shape index (κ1) is 34.7. The minimum absolute atomic E-state index is 0.0681. The van der Waals surface area contributed by atoms with Crippen LogP contribution in [0, 0.1) is 32.3 Å². The number of nitriles is 1. The molecule has 0 bridgehead atoms. The highest BCUT2D eigenvalue weighted by atomic mass is 16.6. The molecule has 5 unspecified atom stereocenters. The van der Waals surface area contributed by atoms with Gasteiger partial charge in [-0.3, -0.25) is 24.6 Å². The Hall–Kier alpha value is -4.63. The van der Waals surface area contributed by atoms with Crippen LogP contribution >= 0.6 is 0 Å². The lowest BCUT2D eigenvalue weighted by atomic mass is 9.49. The minimum Gasteiger partial charge on any atom is -0.481 e. The fourth-order valence-corrected chi connectivity index (χ4v) is 8.33. The first-order valence-electron chi connectivity index (χ1n) is 16.5. The number of carboxylic acid groups (broad SMARTS) is 2. The number of carbonyl (C=O) groups is 2. The monoisotopic (exact) mass is 653 g/mol. The molecule has 0 spiro atoms. The number of benzene rings is 3. The van der Waals surface area contributed by atoms with E-state index in [9.17, 15) is 35.2 Å². The van der Waals surface area contributed by atoms with Gasteiger partial charge in [-0.05, 0) is 49.9 Å². The van der Waals surface area contributed by atoms with Gasteiger partial charge in [-0.15, -0.1) is 0 Å². The fraction of sp³-hybridized carbons (Fsp3) is 0.432. The van der Waals surface area contributed by atoms with Gasteiger partial charge in [-0.1, -0.05) is 72.8 Å². The number of nitro benzene ring substituents is 1. The molecular weight excluding hydrogens is 610 g/mol. The van der Waals surface area contributed by atoms with E-state index >= 15 is 0 Å². The molecule has 5 rings (SSSR count). The Kier molecular flexibility index (Phi) is 10.6. The molecule has 2 aliphatic heterocycles. The van der Waals surface area contributed by atoms with Crippen molar-refractivity contribution in [2.75, 3.05) is 32.7 Å². The van der Waals surface area contributed by atoms with Crippen LogP contribution in [0.25, 0.3) is 0 Å². The summed E-state index contributed by atoms with van der Waals surface area (Å²) in [7, 11) is 0. The smallest absolute Gasteiger partial charge is 0.311 e. The van der Waals surface area contributed by atoms with Crippen LogP contribution in [0.4, 0.5) is 5.69 Å². The SMILES string of the molecule is CC1NC(C)C(CCN2CCN(C(c3ccccc3)c3ccccc3)CC2)(C(=O)O)C(c2cccc([N+](=O)[O-])c2)C1(CCC#N)C(=O)O. The van der Waals surface area contributed by atoms with E-state index in [0.29, 0.717) is 19.6 Å². The number of nitro groups is 1. The molecule has 2 fully saturated rings. The summed E-state index contributed by atoms with van der Waals surface area (Å²) in [5.74, 6) is -3.55. The minimum atomic E-state index is -1.72. The van der Waals surface area contributed by atoms with Crippen LogP contribution in [0.2, 0.25) is 0 Å². The van der Waals surface area contributed by atoms with Crippen molar-refractivity contribution in [3.8, 4) is 6.07 Å². The van der Waals surface area contributed by atoms with Gasteiger partial charge in [0.05, 0.1) is 27.9 Å². The number of hydrogen-bond donors (Lipinski definition) is 3. The molecule has 0 radical (unpaired) electrons. The maximum absolute atomic E-state index is 13.6. The Bertz CT molecular complexity index is 1600. The second-order valence-corrected chi connectivity index (χ2v) is 13.1. The summed E-state index contributed by atoms with van der Waals surface area (Å²) in [6, 6.07) is 27.1. The van der Waals surface area contributed by atoms with Crippen molar-refractivity contribution >= 4 is 17.6 Å². The zero-order valence-corrected chi connectivity index (χ0v) is 27.4. The second kappa shape index (κ2) is 14.6. The van der Waals surface area contributed by atoms with Crippen LogP contribution in [-0.4, -0.2) is 81.7 Å². The Labute approximate surface area is 280 Å². The summed E-state index contributed by atoms with van der Waals surface area (Å²) in [6.45, 7) is 6.71. The first-order valence-corrected chi connectivity index (χ1v) is 16.5. The molecule has 252 valence electrons.